The Kier molecular flexibility index (Phi) is 5.69. The molecule has 1 atom stereocenters. The maximum absolute atomic E-state index is 10.9. The van der Waals surface area contributed by atoms with Gasteiger partial charge in [0.05, 0.1) is 0 Å². The lowest BCUT2D eigenvalue weighted by Gasteiger charge is -2.13. The minimum atomic E-state index is -0.699. The molecular formula is C12H23NO2. The van der Waals surface area contributed by atoms with Crippen LogP contribution < -0.4 is 5.32 Å². The Morgan fingerprint density at radius 1 is 1.47 bits per heavy atom. The van der Waals surface area contributed by atoms with Crippen molar-refractivity contribution in [1.82, 2.24) is 5.32 Å². The third-order valence-electron chi connectivity index (χ3n) is 3.02. The number of carbonyl (C=O) groups is 1. The van der Waals surface area contributed by atoms with E-state index in [0.29, 0.717) is 0 Å². The first-order valence-corrected chi connectivity index (χ1v) is 6.20. The van der Waals surface area contributed by atoms with Crippen LogP contribution in [0.1, 0.15) is 51.9 Å². The summed E-state index contributed by atoms with van der Waals surface area (Å²) in [7, 11) is 0. The largest absolute Gasteiger partial charge is 0.480 e. The summed E-state index contributed by atoms with van der Waals surface area (Å²) in [5.74, 6) is 0.251. The van der Waals surface area contributed by atoms with E-state index in [1.807, 2.05) is 0 Å². The second kappa shape index (κ2) is 6.83. The van der Waals surface area contributed by atoms with Gasteiger partial charge < -0.3 is 10.4 Å². The molecular weight excluding hydrogens is 190 g/mol. The van der Waals surface area contributed by atoms with Crippen LogP contribution >= 0.6 is 0 Å². The maximum Gasteiger partial charge on any atom is 0.320 e. The highest BCUT2D eigenvalue weighted by Crippen LogP contribution is 2.33. The van der Waals surface area contributed by atoms with Crippen LogP contribution in [0.3, 0.4) is 0 Å². The Bertz CT molecular complexity index is 190. The zero-order valence-electron chi connectivity index (χ0n) is 9.67. The normalized spacial score (nSPS) is 17.7. The summed E-state index contributed by atoms with van der Waals surface area (Å²) < 4.78 is 0. The van der Waals surface area contributed by atoms with E-state index in [1.54, 1.807) is 0 Å². The first kappa shape index (κ1) is 12.5. The Hall–Kier alpha value is -0.570. The number of nitrogens with one attached hydrogen (secondary N) is 1. The lowest BCUT2D eigenvalue weighted by molar-refractivity contribution is -0.139. The SMILES string of the molecule is CCCCC(NCCCC1CC1)C(=O)O. The second-order valence-electron chi connectivity index (χ2n) is 4.57. The summed E-state index contributed by atoms with van der Waals surface area (Å²) in [5, 5.41) is 12.1. The molecule has 1 unspecified atom stereocenters. The number of unbranched alkanes of at least 4 members (excludes halogenated alkanes) is 1. The fourth-order valence-corrected chi connectivity index (χ4v) is 1.79. The third-order valence-corrected chi connectivity index (χ3v) is 3.02. The molecule has 3 heteroatoms. The first-order valence-electron chi connectivity index (χ1n) is 6.20. The van der Waals surface area contributed by atoms with Crippen LogP contribution in [0.5, 0.6) is 0 Å². The van der Waals surface area contributed by atoms with E-state index in [-0.39, 0.29) is 6.04 Å². The summed E-state index contributed by atoms with van der Waals surface area (Å²) in [6, 6.07) is -0.329. The van der Waals surface area contributed by atoms with E-state index in [4.69, 9.17) is 5.11 Å². The molecule has 1 saturated carbocycles. The number of rotatable bonds is 9. The van der Waals surface area contributed by atoms with Crippen molar-refractivity contribution in [1.29, 1.82) is 0 Å². The Morgan fingerprint density at radius 3 is 2.73 bits per heavy atom. The van der Waals surface area contributed by atoms with Crippen molar-refractivity contribution in [3.63, 3.8) is 0 Å². The average molecular weight is 213 g/mol. The molecule has 2 N–H and O–H groups in total. The van der Waals surface area contributed by atoms with E-state index in [0.717, 1.165) is 38.1 Å². The Balaban J connectivity index is 2.03. The summed E-state index contributed by atoms with van der Waals surface area (Å²) in [4.78, 5) is 10.9. The zero-order valence-corrected chi connectivity index (χ0v) is 9.67. The molecule has 0 aromatic carbocycles. The van der Waals surface area contributed by atoms with E-state index in [2.05, 4.69) is 12.2 Å². The van der Waals surface area contributed by atoms with Gasteiger partial charge in [-0.15, -0.1) is 0 Å². The molecule has 3 nitrogen and oxygen atoms in total. The molecule has 0 aromatic heterocycles. The Morgan fingerprint density at radius 2 is 2.20 bits per heavy atom. The molecule has 0 bridgehead atoms. The summed E-state index contributed by atoms with van der Waals surface area (Å²) in [5.41, 5.74) is 0. The van der Waals surface area contributed by atoms with Crippen LogP contribution in [0.15, 0.2) is 0 Å². The van der Waals surface area contributed by atoms with Gasteiger partial charge in [-0.2, -0.15) is 0 Å². The number of hydrogen-bond acceptors (Lipinski definition) is 2. The quantitative estimate of drug-likeness (QED) is 0.578. The smallest absolute Gasteiger partial charge is 0.320 e. The molecule has 1 fully saturated rings. The van der Waals surface area contributed by atoms with Crippen molar-refractivity contribution in [3.05, 3.63) is 0 Å². The molecule has 1 rings (SSSR count). The lowest BCUT2D eigenvalue weighted by Crippen LogP contribution is -2.37. The van der Waals surface area contributed by atoms with Crippen LogP contribution in [0.4, 0.5) is 0 Å². The fraction of sp³-hybridized carbons (Fsp3) is 0.917. The fourth-order valence-electron chi connectivity index (χ4n) is 1.79. The predicted molar refractivity (Wildman–Crippen MR) is 60.9 cm³/mol. The summed E-state index contributed by atoms with van der Waals surface area (Å²) in [6.45, 7) is 2.95. The topological polar surface area (TPSA) is 49.3 Å². The summed E-state index contributed by atoms with van der Waals surface area (Å²) >= 11 is 0. The van der Waals surface area contributed by atoms with Gasteiger partial charge in [-0.3, -0.25) is 4.79 Å². The number of carboxylic acid groups (broad SMARTS) is 1. The van der Waals surface area contributed by atoms with E-state index in [9.17, 15) is 4.79 Å². The van der Waals surface area contributed by atoms with Gasteiger partial charge in [0, 0.05) is 0 Å². The van der Waals surface area contributed by atoms with Crippen molar-refractivity contribution in [2.24, 2.45) is 5.92 Å². The van der Waals surface area contributed by atoms with E-state index in [1.165, 1.54) is 19.3 Å². The van der Waals surface area contributed by atoms with Gasteiger partial charge in [-0.1, -0.05) is 32.6 Å². The van der Waals surface area contributed by atoms with Crippen LogP contribution in [0, 0.1) is 5.92 Å². The maximum atomic E-state index is 10.9. The lowest BCUT2D eigenvalue weighted by atomic mass is 10.1. The molecule has 1 aliphatic carbocycles. The molecule has 15 heavy (non-hydrogen) atoms. The van der Waals surface area contributed by atoms with Crippen LogP contribution in [0.25, 0.3) is 0 Å². The molecule has 0 radical (unpaired) electrons. The highest BCUT2D eigenvalue weighted by Gasteiger charge is 2.21. The van der Waals surface area contributed by atoms with Gasteiger partial charge in [0.15, 0.2) is 0 Å². The van der Waals surface area contributed by atoms with Gasteiger partial charge in [0.25, 0.3) is 0 Å². The number of carboxylic acids is 1. The van der Waals surface area contributed by atoms with Gasteiger partial charge in [0.1, 0.15) is 6.04 Å². The van der Waals surface area contributed by atoms with Gasteiger partial charge in [0.2, 0.25) is 0 Å². The molecule has 0 aromatic rings. The molecule has 1 aliphatic rings. The number of hydrogen-bond donors (Lipinski definition) is 2. The van der Waals surface area contributed by atoms with Crippen LogP contribution in [-0.2, 0) is 4.79 Å². The molecule has 88 valence electrons. The van der Waals surface area contributed by atoms with Gasteiger partial charge in [-0.05, 0) is 31.7 Å². The minimum absolute atomic E-state index is 0.329. The standard InChI is InChI=1S/C12H23NO2/c1-2-3-6-11(12(14)15)13-9-4-5-10-7-8-10/h10-11,13H,2-9H2,1H3,(H,14,15). The molecule has 0 amide bonds. The number of aliphatic carboxylic acids is 1. The second-order valence-corrected chi connectivity index (χ2v) is 4.57. The van der Waals surface area contributed by atoms with Gasteiger partial charge in [-0.25, -0.2) is 0 Å². The molecule has 0 heterocycles. The van der Waals surface area contributed by atoms with Crippen molar-refractivity contribution >= 4 is 5.97 Å². The Labute approximate surface area is 92.3 Å². The predicted octanol–water partition coefficient (Wildman–Crippen LogP) is 2.41. The molecule has 0 spiro atoms. The monoisotopic (exact) mass is 213 g/mol. The first-order chi connectivity index (χ1) is 7.24. The average Bonchev–Trinajstić information content (AvgIpc) is 3.00. The molecule has 0 aliphatic heterocycles. The highest BCUT2D eigenvalue weighted by atomic mass is 16.4. The van der Waals surface area contributed by atoms with Crippen molar-refractivity contribution in [3.8, 4) is 0 Å². The van der Waals surface area contributed by atoms with Crippen LogP contribution in [-0.4, -0.2) is 23.7 Å². The van der Waals surface area contributed by atoms with E-state index >= 15 is 0 Å². The van der Waals surface area contributed by atoms with Crippen molar-refractivity contribution in [2.45, 2.75) is 57.9 Å². The zero-order chi connectivity index (χ0) is 11.1. The van der Waals surface area contributed by atoms with Crippen LogP contribution in [0.2, 0.25) is 0 Å². The van der Waals surface area contributed by atoms with Crippen molar-refractivity contribution < 1.29 is 9.90 Å². The third kappa shape index (κ3) is 5.78. The van der Waals surface area contributed by atoms with Gasteiger partial charge >= 0.3 is 5.97 Å². The minimum Gasteiger partial charge on any atom is -0.480 e. The van der Waals surface area contributed by atoms with Crippen molar-refractivity contribution in [2.75, 3.05) is 6.54 Å². The summed E-state index contributed by atoms with van der Waals surface area (Å²) in [6.07, 6.45) is 7.99. The molecule has 0 saturated heterocycles. The van der Waals surface area contributed by atoms with E-state index < -0.39 is 5.97 Å². The highest BCUT2D eigenvalue weighted by molar-refractivity contribution is 5.73.